The molecule has 23 heavy (non-hydrogen) atoms. The highest BCUT2D eigenvalue weighted by Gasteiger charge is 2.44. The molecule has 0 amide bonds. The van der Waals surface area contributed by atoms with Gasteiger partial charge >= 0.3 is 0 Å². The molecule has 3 heterocycles. The van der Waals surface area contributed by atoms with Crippen molar-refractivity contribution in [2.45, 2.75) is 43.4 Å². The first kappa shape index (κ1) is 14.6. The van der Waals surface area contributed by atoms with Crippen LogP contribution in [0.15, 0.2) is 6.33 Å². The third-order valence-corrected chi connectivity index (χ3v) is 4.15. The van der Waals surface area contributed by atoms with Crippen LogP contribution in [0.4, 0.5) is 11.8 Å². The van der Waals surface area contributed by atoms with Gasteiger partial charge in [0.25, 0.3) is 0 Å². The van der Waals surface area contributed by atoms with Crippen molar-refractivity contribution in [1.29, 1.82) is 0 Å². The number of anilines is 2. The number of aliphatic hydroxyl groups is 3. The summed E-state index contributed by atoms with van der Waals surface area (Å²) in [5.74, 6) is 0.620. The molecule has 0 radical (unpaired) electrons. The number of rotatable bonds is 4. The van der Waals surface area contributed by atoms with Crippen molar-refractivity contribution in [2.24, 2.45) is 0 Å². The number of nitrogens with one attached hydrogen (secondary N) is 1. The second-order valence-corrected chi connectivity index (χ2v) is 5.90. The molecule has 1 saturated heterocycles. The van der Waals surface area contributed by atoms with E-state index in [2.05, 4.69) is 20.3 Å². The number of imidazole rings is 1. The van der Waals surface area contributed by atoms with Gasteiger partial charge in [0, 0.05) is 6.04 Å². The van der Waals surface area contributed by atoms with Crippen LogP contribution in [0.2, 0.25) is 0 Å². The Labute approximate surface area is 130 Å². The predicted octanol–water partition coefficient (Wildman–Crippen LogP) is -1.41. The van der Waals surface area contributed by atoms with Crippen molar-refractivity contribution in [1.82, 2.24) is 19.5 Å². The molecule has 6 N–H and O–H groups in total. The molecule has 0 unspecified atom stereocenters. The standard InChI is InChI=1S/C13H18N6O4/c14-13-17-10(16-5-1-2-5)7-11(18-13)19(4-15-7)12-9(22)8(21)6(3-20)23-12/h4-6,8-9,12,20-22H,1-3H2,(H3,14,16,17,18)/t6-,8+,9+,12-/m1/s1. The van der Waals surface area contributed by atoms with E-state index in [1.807, 2.05) is 0 Å². The molecule has 0 aromatic carbocycles. The molecule has 0 bridgehead atoms. The first-order chi connectivity index (χ1) is 11.1. The van der Waals surface area contributed by atoms with Gasteiger partial charge in [0.05, 0.1) is 12.9 Å². The van der Waals surface area contributed by atoms with Gasteiger partial charge in [-0.15, -0.1) is 0 Å². The Morgan fingerprint density at radius 3 is 2.74 bits per heavy atom. The maximum absolute atomic E-state index is 10.2. The van der Waals surface area contributed by atoms with E-state index in [1.165, 1.54) is 10.9 Å². The Kier molecular flexibility index (Phi) is 3.34. The summed E-state index contributed by atoms with van der Waals surface area (Å²) >= 11 is 0. The minimum Gasteiger partial charge on any atom is -0.394 e. The number of nitrogens with zero attached hydrogens (tertiary/aromatic N) is 4. The molecule has 2 aromatic heterocycles. The number of hydrogen-bond donors (Lipinski definition) is 5. The molecule has 2 aliphatic rings. The number of hydrogen-bond acceptors (Lipinski definition) is 9. The van der Waals surface area contributed by atoms with Crippen LogP contribution in [-0.4, -0.2) is 65.8 Å². The molecule has 0 spiro atoms. The fourth-order valence-electron chi connectivity index (χ4n) is 2.75. The van der Waals surface area contributed by atoms with Crippen LogP contribution in [0.25, 0.3) is 11.2 Å². The first-order valence-electron chi connectivity index (χ1n) is 7.47. The van der Waals surface area contributed by atoms with Crippen molar-refractivity contribution in [3.8, 4) is 0 Å². The van der Waals surface area contributed by atoms with Crippen LogP contribution in [0, 0.1) is 0 Å². The minimum absolute atomic E-state index is 0.0779. The lowest BCUT2D eigenvalue weighted by Crippen LogP contribution is -2.33. The Morgan fingerprint density at radius 1 is 1.30 bits per heavy atom. The Hall–Kier alpha value is -2.01. The number of ether oxygens (including phenoxy) is 1. The lowest BCUT2D eigenvalue weighted by Gasteiger charge is -2.16. The van der Waals surface area contributed by atoms with Crippen molar-refractivity contribution < 1.29 is 20.1 Å². The Bertz CT molecular complexity index is 733. The average molecular weight is 322 g/mol. The maximum atomic E-state index is 10.2. The molecule has 1 aliphatic carbocycles. The second-order valence-electron chi connectivity index (χ2n) is 5.90. The number of aliphatic hydroxyl groups excluding tert-OH is 3. The zero-order chi connectivity index (χ0) is 16.1. The normalized spacial score (nSPS) is 30.9. The molecule has 4 atom stereocenters. The van der Waals surface area contributed by atoms with Crippen LogP contribution in [0.3, 0.4) is 0 Å². The third-order valence-electron chi connectivity index (χ3n) is 4.15. The molecule has 10 heteroatoms. The second kappa shape index (κ2) is 5.27. The van der Waals surface area contributed by atoms with Crippen molar-refractivity contribution in [2.75, 3.05) is 17.7 Å². The lowest BCUT2D eigenvalue weighted by molar-refractivity contribution is -0.0511. The van der Waals surface area contributed by atoms with E-state index in [0.29, 0.717) is 23.0 Å². The van der Waals surface area contributed by atoms with Gasteiger partial charge in [0.2, 0.25) is 5.95 Å². The van der Waals surface area contributed by atoms with E-state index in [-0.39, 0.29) is 5.95 Å². The molecular weight excluding hydrogens is 304 g/mol. The van der Waals surface area contributed by atoms with Crippen LogP contribution < -0.4 is 11.1 Å². The van der Waals surface area contributed by atoms with Crippen LogP contribution in [0.1, 0.15) is 19.1 Å². The van der Waals surface area contributed by atoms with Crippen LogP contribution >= 0.6 is 0 Å². The smallest absolute Gasteiger partial charge is 0.224 e. The molecule has 4 rings (SSSR count). The molecule has 10 nitrogen and oxygen atoms in total. The predicted molar refractivity (Wildman–Crippen MR) is 79.4 cm³/mol. The minimum atomic E-state index is -1.21. The zero-order valence-corrected chi connectivity index (χ0v) is 12.2. The monoisotopic (exact) mass is 322 g/mol. The highest BCUT2D eigenvalue weighted by Crippen LogP contribution is 2.33. The molecule has 124 valence electrons. The fraction of sp³-hybridized carbons (Fsp3) is 0.615. The van der Waals surface area contributed by atoms with Gasteiger partial charge in [0.1, 0.15) is 18.3 Å². The summed E-state index contributed by atoms with van der Waals surface area (Å²) in [7, 11) is 0. The van der Waals surface area contributed by atoms with E-state index in [4.69, 9.17) is 10.5 Å². The summed E-state index contributed by atoms with van der Waals surface area (Å²) < 4.78 is 7.01. The largest absolute Gasteiger partial charge is 0.394 e. The van der Waals surface area contributed by atoms with Gasteiger partial charge in [-0.05, 0) is 12.8 Å². The topological polar surface area (TPSA) is 152 Å². The van der Waals surface area contributed by atoms with Gasteiger partial charge in [-0.3, -0.25) is 4.57 Å². The van der Waals surface area contributed by atoms with Crippen molar-refractivity contribution >= 4 is 22.9 Å². The summed E-state index contributed by atoms with van der Waals surface area (Å²) in [6.45, 7) is -0.396. The molecule has 1 aliphatic heterocycles. The van der Waals surface area contributed by atoms with Crippen LogP contribution in [0.5, 0.6) is 0 Å². The Morgan fingerprint density at radius 2 is 2.09 bits per heavy atom. The lowest BCUT2D eigenvalue weighted by atomic mass is 10.1. The highest BCUT2D eigenvalue weighted by molar-refractivity contribution is 5.84. The summed E-state index contributed by atoms with van der Waals surface area (Å²) in [4.78, 5) is 12.6. The van der Waals surface area contributed by atoms with Gasteiger partial charge in [-0.2, -0.15) is 9.97 Å². The van der Waals surface area contributed by atoms with E-state index in [9.17, 15) is 15.3 Å². The summed E-state index contributed by atoms with van der Waals surface area (Å²) in [6, 6.07) is 0.367. The van der Waals surface area contributed by atoms with E-state index in [0.717, 1.165) is 12.8 Å². The summed E-state index contributed by atoms with van der Waals surface area (Å²) in [5.41, 5.74) is 6.68. The molecule has 2 aromatic rings. The number of fused-ring (bicyclic) bond motifs is 1. The van der Waals surface area contributed by atoms with E-state index < -0.39 is 31.1 Å². The first-order valence-corrected chi connectivity index (χ1v) is 7.47. The summed E-state index contributed by atoms with van der Waals surface area (Å²) in [6.07, 6.45) is -0.573. The van der Waals surface area contributed by atoms with E-state index >= 15 is 0 Å². The van der Waals surface area contributed by atoms with Gasteiger partial charge in [0.15, 0.2) is 23.2 Å². The Balaban J connectivity index is 1.74. The zero-order valence-electron chi connectivity index (χ0n) is 12.2. The summed E-state index contributed by atoms with van der Waals surface area (Å²) in [5, 5.41) is 32.5. The molecule has 1 saturated carbocycles. The number of nitrogen functional groups attached to an aromatic ring is 1. The quantitative estimate of drug-likeness (QED) is 0.457. The van der Waals surface area contributed by atoms with Gasteiger partial charge < -0.3 is 31.1 Å². The highest BCUT2D eigenvalue weighted by atomic mass is 16.6. The number of nitrogens with two attached hydrogens (primary N) is 1. The third kappa shape index (κ3) is 2.39. The SMILES string of the molecule is Nc1nc(NC2CC2)c2ncn([C@@H]3O[C@H](CO)[C@H](O)[C@@H]3O)c2n1. The van der Waals surface area contributed by atoms with E-state index in [1.54, 1.807) is 0 Å². The molecule has 2 fully saturated rings. The average Bonchev–Trinajstić information content (AvgIpc) is 3.17. The molecular formula is C13H18N6O4. The maximum Gasteiger partial charge on any atom is 0.224 e. The van der Waals surface area contributed by atoms with Crippen molar-refractivity contribution in [3.05, 3.63) is 6.33 Å². The fourth-order valence-corrected chi connectivity index (χ4v) is 2.75. The van der Waals surface area contributed by atoms with Gasteiger partial charge in [-0.25, -0.2) is 4.98 Å². The van der Waals surface area contributed by atoms with Crippen LogP contribution in [-0.2, 0) is 4.74 Å². The van der Waals surface area contributed by atoms with Gasteiger partial charge in [-0.1, -0.05) is 0 Å². The number of aromatic nitrogens is 4. The van der Waals surface area contributed by atoms with Crippen molar-refractivity contribution in [3.63, 3.8) is 0 Å².